The van der Waals surface area contributed by atoms with Crippen LogP contribution in [0.25, 0.3) is 22.5 Å². The summed E-state index contributed by atoms with van der Waals surface area (Å²) < 4.78 is 14.7. The number of nitrogens with one attached hydrogen (secondary N) is 1. The van der Waals surface area contributed by atoms with Crippen LogP contribution in [0.15, 0.2) is 79.3 Å². The van der Waals surface area contributed by atoms with Gasteiger partial charge in [0.05, 0.1) is 0 Å². The van der Waals surface area contributed by atoms with Gasteiger partial charge in [-0.3, -0.25) is 4.79 Å². The van der Waals surface area contributed by atoms with Crippen molar-refractivity contribution in [2.45, 2.75) is 0 Å². The molecule has 4 rings (SSSR count). The van der Waals surface area contributed by atoms with Gasteiger partial charge in [0.1, 0.15) is 11.5 Å². The average Bonchev–Trinajstić information content (AvgIpc) is 3.12. The Balaban J connectivity index is 1.55. The molecule has 138 valence electrons. The Morgan fingerprint density at radius 3 is 2.29 bits per heavy atom. The van der Waals surface area contributed by atoms with Gasteiger partial charge in [0.15, 0.2) is 5.82 Å². The van der Waals surface area contributed by atoms with Gasteiger partial charge in [-0.05, 0) is 30.3 Å². The maximum atomic E-state index is 13.0. The third-order valence-corrected chi connectivity index (χ3v) is 4.36. The van der Waals surface area contributed by atoms with Crippen molar-refractivity contribution >= 4 is 11.6 Å². The SMILES string of the molecule is Cn1cc(-c2cnc(-c3ccccc3)nc2)cc1C(=O)Nc1ccc(F)cc1. The molecule has 0 aliphatic heterocycles. The highest BCUT2D eigenvalue weighted by Gasteiger charge is 2.14. The molecule has 0 unspecified atom stereocenters. The Labute approximate surface area is 161 Å². The molecule has 1 amide bonds. The number of aromatic nitrogens is 3. The van der Waals surface area contributed by atoms with Crippen LogP contribution >= 0.6 is 0 Å². The lowest BCUT2D eigenvalue weighted by molar-refractivity contribution is 0.101. The van der Waals surface area contributed by atoms with Crippen LogP contribution in [0.1, 0.15) is 10.5 Å². The van der Waals surface area contributed by atoms with Gasteiger partial charge < -0.3 is 9.88 Å². The molecule has 2 aromatic carbocycles. The van der Waals surface area contributed by atoms with Gasteiger partial charge in [-0.2, -0.15) is 0 Å². The second kappa shape index (κ2) is 7.44. The topological polar surface area (TPSA) is 59.8 Å². The Morgan fingerprint density at radius 2 is 1.61 bits per heavy atom. The molecule has 2 heterocycles. The third kappa shape index (κ3) is 3.66. The fourth-order valence-corrected chi connectivity index (χ4v) is 2.89. The number of hydrogen-bond donors (Lipinski definition) is 1. The molecule has 28 heavy (non-hydrogen) atoms. The summed E-state index contributed by atoms with van der Waals surface area (Å²) in [6, 6.07) is 17.2. The zero-order valence-corrected chi connectivity index (χ0v) is 15.1. The minimum absolute atomic E-state index is 0.276. The normalized spacial score (nSPS) is 10.6. The Bertz CT molecular complexity index is 1100. The van der Waals surface area contributed by atoms with Gasteiger partial charge in [0, 0.05) is 48.0 Å². The molecule has 5 nitrogen and oxygen atoms in total. The van der Waals surface area contributed by atoms with E-state index in [0.717, 1.165) is 16.7 Å². The van der Waals surface area contributed by atoms with Crippen LogP contribution in [-0.2, 0) is 7.05 Å². The molecule has 4 aromatic rings. The number of benzene rings is 2. The molecule has 0 spiro atoms. The molecular weight excluding hydrogens is 355 g/mol. The summed E-state index contributed by atoms with van der Waals surface area (Å²) in [7, 11) is 1.79. The van der Waals surface area contributed by atoms with Crippen molar-refractivity contribution in [2.75, 3.05) is 5.32 Å². The van der Waals surface area contributed by atoms with Crippen LogP contribution in [-0.4, -0.2) is 20.4 Å². The first-order valence-corrected chi connectivity index (χ1v) is 8.71. The predicted molar refractivity (Wildman–Crippen MR) is 106 cm³/mol. The second-order valence-corrected chi connectivity index (χ2v) is 6.35. The Morgan fingerprint density at radius 1 is 0.929 bits per heavy atom. The van der Waals surface area contributed by atoms with Crippen LogP contribution < -0.4 is 5.32 Å². The van der Waals surface area contributed by atoms with Gasteiger partial charge in [-0.15, -0.1) is 0 Å². The van der Waals surface area contributed by atoms with E-state index in [9.17, 15) is 9.18 Å². The lowest BCUT2D eigenvalue weighted by atomic mass is 10.1. The fraction of sp³-hybridized carbons (Fsp3) is 0.0455. The van der Waals surface area contributed by atoms with Crippen molar-refractivity contribution in [3.05, 3.63) is 90.8 Å². The summed E-state index contributed by atoms with van der Waals surface area (Å²) in [5.41, 5.74) is 3.61. The van der Waals surface area contributed by atoms with E-state index < -0.39 is 0 Å². The van der Waals surface area contributed by atoms with Gasteiger partial charge >= 0.3 is 0 Å². The highest BCUT2D eigenvalue weighted by atomic mass is 19.1. The molecule has 0 saturated carbocycles. The summed E-state index contributed by atoms with van der Waals surface area (Å²) in [4.78, 5) is 21.4. The number of nitrogens with zero attached hydrogens (tertiary/aromatic N) is 3. The van der Waals surface area contributed by atoms with E-state index in [4.69, 9.17) is 0 Å². The number of halogens is 1. The van der Waals surface area contributed by atoms with Crippen molar-refractivity contribution in [1.29, 1.82) is 0 Å². The van der Waals surface area contributed by atoms with Crippen LogP contribution in [0.2, 0.25) is 0 Å². The summed E-state index contributed by atoms with van der Waals surface area (Å²) in [5, 5.41) is 2.76. The Kier molecular flexibility index (Phi) is 4.68. The van der Waals surface area contributed by atoms with E-state index >= 15 is 0 Å². The summed E-state index contributed by atoms with van der Waals surface area (Å²) in [6.07, 6.45) is 5.33. The first-order valence-electron chi connectivity index (χ1n) is 8.71. The first-order chi connectivity index (χ1) is 13.6. The van der Waals surface area contributed by atoms with Gasteiger partial charge in [-0.25, -0.2) is 14.4 Å². The van der Waals surface area contributed by atoms with Gasteiger partial charge in [0.25, 0.3) is 5.91 Å². The number of rotatable bonds is 4. The van der Waals surface area contributed by atoms with Crippen LogP contribution in [0, 0.1) is 5.82 Å². The molecule has 0 aliphatic carbocycles. The van der Waals surface area contributed by atoms with E-state index in [1.54, 1.807) is 30.1 Å². The number of aryl methyl sites for hydroxylation is 1. The average molecular weight is 372 g/mol. The number of anilines is 1. The second-order valence-electron chi connectivity index (χ2n) is 6.35. The van der Waals surface area contributed by atoms with Crippen molar-refractivity contribution < 1.29 is 9.18 Å². The Hall–Kier alpha value is -3.80. The van der Waals surface area contributed by atoms with Gasteiger partial charge in [-0.1, -0.05) is 30.3 Å². The zero-order valence-electron chi connectivity index (χ0n) is 15.1. The summed E-state index contributed by atoms with van der Waals surface area (Å²) in [5.74, 6) is 0.0230. The summed E-state index contributed by atoms with van der Waals surface area (Å²) in [6.45, 7) is 0. The van der Waals surface area contributed by atoms with Crippen LogP contribution in [0.3, 0.4) is 0 Å². The van der Waals surface area contributed by atoms with Gasteiger partial charge in [0.2, 0.25) is 0 Å². The largest absolute Gasteiger partial charge is 0.346 e. The highest BCUT2D eigenvalue weighted by molar-refractivity contribution is 6.04. The van der Waals surface area contributed by atoms with E-state index in [-0.39, 0.29) is 11.7 Å². The van der Waals surface area contributed by atoms with Crippen molar-refractivity contribution in [2.24, 2.45) is 7.05 Å². The van der Waals surface area contributed by atoms with E-state index in [1.165, 1.54) is 24.3 Å². The minimum atomic E-state index is -0.349. The predicted octanol–water partition coefficient (Wildman–Crippen LogP) is 4.54. The van der Waals surface area contributed by atoms with Crippen molar-refractivity contribution in [3.63, 3.8) is 0 Å². The maximum Gasteiger partial charge on any atom is 0.272 e. The zero-order chi connectivity index (χ0) is 19.5. The molecule has 0 bridgehead atoms. The van der Waals surface area contributed by atoms with E-state index in [0.29, 0.717) is 17.2 Å². The van der Waals surface area contributed by atoms with Crippen LogP contribution in [0.4, 0.5) is 10.1 Å². The monoisotopic (exact) mass is 372 g/mol. The number of amides is 1. The molecule has 0 fully saturated rings. The standard InChI is InChI=1S/C22H17FN4O/c1-27-14-16(11-20(27)22(28)26-19-9-7-18(23)8-10-19)17-12-24-21(25-13-17)15-5-3-2-4-6-15/h2-14H,1H3,(H,26,28). The molecule has 0 atom stereocenters. The molecule has 1 N–H and O–H groups in total. The fourth-order valence-electron chi connectivity index (χ4n) is 2.89. The number of carbonyl (C=O) groups excluding carboxylic acids is 1. The van der Waals surface area contributed by atoms with Crippen molar-refractivity contribution in [3.8, 4) is 22.5 Å². The molecule has 2 aromatic heterocycles. The molecule has 0 radical (unpaired) electrons. The molecule has 0 aliphatic rings. The van der Waals surface area contributed by atoms with E-state index in [1.807, 2.05) is 36.5 Å². The van der Waals surface area contributed by atoms with Crippen molar-refractivity contribution in [1.82, 2.24) is 14.5 Å². The quantitative estimate of drug-likeness (QED) is 0.572. The van der Waals surface area contributed by atoms with Crippen LogP contribution in [0.5, 0.6) is 0 Å². The lowest BCUT2D eigenvalue weighted by Crippen LogP contribution is -2.15. The first kappa shape index (κ1) is 17.6. The highest BCUT2D eigenvalue weighted by Crippen LogP contribution is 2.23. The third-order valence-electron chi connectivity index (χ3n) is 4.36. The molecular formula is C22H17FN4O. The maximum absolute atomic E-state index is 13.0. The molecule has 0 saturated heterocycles. The minimum Gasteiger partial charge on any atom is -0.346 e. The summed E-state index contributed by atoms with van der Waals surface area (Å²) >= 11 is 0. The van der Waals surface area contributed by atoms with E-state index in [2.05, 4.69) is 15.3 Å². The smallest absolute Gasteiger partial charge is 0.272 e. The number of hydrogen-bond acceptors (Lipinski definition) is 3. The number of carbonyl (C=O) groups is 1. The lowest BCUT2D eigenvalue weighted by Gasteiger charge is -2.05. The molecule has 6 heteroatoms.